The Morgan fingerprint density at radius 2 is 1.86 bits per heavy atom. The molecule has 1 atom stereocenters. The minimum absolute atomic E-state index is 0.106. The van der Waals surface area contributed by atoms with E-state index in [9.17, 15) is 14.4 Å². The van der Waals surface area contributed by atoms with E-state index in [1.165, 1.54) is 0 Å². The highest BCUT2D eigenvalue weighted by Gasteiger charge is 2.35. The van der Waals surface area contributed by atoms with Crippen molar-refractivity contribution in [3.63, 3.8) is 0 Å². The molecule has 1 heterocycles. The molecule has 29 heavy (non-hydrogen) atoms. The molecule has 1 aliphatic heterocycles. The van der Waals surface area contributed by atoms with Crippen LogP contribution in [0, 0.1) is 5.92 Å². The summed E-state index contributed by atoms with van der Waals surface area (Å²) in [4.78, 5) is 38.5. The third-order valence-corrected chi connectivity index (χ3v) is 4.59. The number of benzene rings is 2. The summed E-state index contributed by atoms with van der Waals surface area (Å²) in [5, 5.41) is 2.81. The Morgan fingerprint density at radius 1 is 1.14 bits per heavy atom. The van der Waals surface area contributed by atoms with Crippen molar-refractivity contribution in [1.82, 2.24) is 0 Å². The molecule has 0 spiro atoms. The van der Waals surface area contributed by atoms with Crippen LogP contribution < -0.4 is 15.0 Å². The van der Waals surface area contributed by atoms with Crippen LogP contribution in [0.1, 0.15) is 30.6 Å². The standard InChI is InChI=1S/C22H24N2O5/c1-14(2)29-22(27)15-7-9-17(10-8-15)23-21(26)16-11-20(25)24(13-16)18-5-4-6-19(12-18)28-3/h4-10,12,14,16H,11,13H2,1-3H3,(H,23,26). The van der Waals surface area contributed by atoms with Gasteiger partial charge in [-0.3, -0.25) is 9.59 Å². The Kier molecular flexibility index (Phi) is 6.16. The van der Waals surface area contributed by atoms with E-state index >= 15 is 0 Å². The van der Waals surface area contributed by atoms with Crippen LogP contribution >= 0.6 is 0 Å². The van der Waals surface area contributed by atoms with Crippen molar-refractivity contribution in [1.29, 1.82) is 0 Å². The maximum Gasteiger partial charge on any atom is 0.338 e. The normalized spacial score (nSPS) is 16.1. The molecule has 7 heteroatoms. The summed E-state index contributed by atoms with van der Waals surface area (Å²) in [5.41, 5.74) is 1.68. The third kappa shape index (κ3) is 4.93. The van der Waals surface area contributed by atoms with Crippen molar-refractivity contribution in [2.24, 2.45) is 5.92 Å². The molecule has 3 rings (SSSR count). The van der Waals surface area contributed by atoms with Crippen LogP contribution in [0.15, 0.2) is 48.5 Å². The highest BCUT2D eigenvalue weighted by Crippen LogP contribution is 2.28. The number of anilines is 2. The zero-order valence-electron chi connectivity index (χ0n) is 16.7. The van der Waals surface area contributed by atoms with E-state index in [1.54, 1.807) is 68.3 Å². The van der Waals surface area contributed by atoms with Crippen LogP contribution in [0.5, 0.6) is 5.75 Å². The number of carbonyl (C=O) groups excluding carboxylic acids is 3. The van der Waals surface area contributed by atoms with Gasteiger partial charge in [0.25, 0.3) is 0 Å². The molecule has 0 radical (unpaired) electrons. The largest absolute Gasteiger partial charge is 0.497 e. The number of esters is 1. The second-order valence-electron chi connectivity index (χ2n) is 7.13. The maximum absolute atomic E-state index is 12.6. The number of amides is 2. The monoisotopic (exact) mass is 396 g/mol. The van der Waals surface area contributed by atoms with E-state index in [4.69, 9.17) is 9.47 Å². The predicted octanol–water partition coefficient (Wildman–Crippen LogP) is 3.25. The van der Waals surface area contributed by atoms with Gasteiger partial charge in [0.05, 0.1) is 24.7 Å². The van der Waals surface area contributed by atoms with Gasteiger partial charge in [0.1, 0.15) is 5.75 Å². The van der Waals surface area contributed by atoms with Crippen molar-refractivity contribution >= 4 is 29.2 Å². The van der Waals surface area contributed by atoms with Gasteiger partial charge in [0.2, 0.25) is 11.8 Å². The molecule has 0 saturated carbocycles. The van der Waals surface area contributed by atoms with Crippen molar-refractivity contribution in [3.05, 3.63) is 54.1 Å². The van der Waals surface area contributed by atoms with E-state index in [2.05, 4.69) is 5.32 Å². The number of methoxy groups -OCH3 is 1. The van der Waals surface area contributed by atoms with Crippen molar-refractivity contribution in [2.75, 3.05) is 23.9 Å². The molecule has 2 aromatic rings. The summed E-state index contributed by atoms with van der Waals surface area (Å²) in [5.74, 6) is -0.557. The topological polar surface area (TPSA) is 84.9 Å². The van der Waals surface area contributed by atoms with E-state index in [0.717, 1.165) is 0 Å². The van der Waals surface area contributed by atoms with Crippen LogP contribution in [0.2, 0.25) is 0 Å². The zero-order valence-corrected chi connectivity index (χ0v) is 16.7. The average molecular weight is 396 g/mol. The predicted molar refractivity (Wildman–Crippen MR) is 109 cm³/mol. The van der Waals surface area contributed by atoms with Gasteiger partial charge in [-0.05, 0) is 50.2 Å². The Labute approximate surface area is 169 Å². The van der Waals surface area contributed by atoms with Gasteiger partial charge < -0.3 is 19.7 Å². The second-order valence-corrected chi connectivity index (χ2v) is 7.13. The molecule has 0 aromatic heterocycles. The Balaban J connectivity index is 1.62. The lowest BCUT2D eigenvalue weighted by atomic mass is 10.1. The maximum atomic E-state index is 12.6. The van der Waals surface area contributed by atoms with Crippen molar-refractivity contribution in [2.45, 2.75) is 26.4 Å². The van der Waals surface area contributed by atoms with Crippen LogP contribution in [-0.4, -0.2) is 37.5 Å². The summed E-state index contributed by atoms with van der Waals surface area (Å²) in [6.07, 6.45) is -0.0590. The first-order chi connectivity index (χ1) is 13.9. The molecular weight excluding hydrogens is 372 g/mol. The number of rotatable bonds is 6. The third-order valence-electron chi connectivity index (χ3n) is 4.59. The Morgan fingerprint density at radius 3 is 2.52 bits per heavy atom. The summed E-state index contributed by atoms with van der Waals surface area (Å²) >= 11 is 0. The minimum Gasteiger partial charge on any atom is -0.497 e. The summed E-state index contributed by atoms with van der Waals surface area (Å²) in [6.45, 7) is 3.87. The number of nitrogens with one attached hydrogen (secondary N) is 1. The summed E-state index contributed by atoms with van der Waals surface area (Å²) in [7, 11) is 1.56. The lowest BCUT2D eigenvalue weighted by Crippen LogP contribution is -2.28. The first kappa shape index (κ1) is 20.4. The van der Waals surface area contributed by atoms with Crippen LogP contribution in [0.3, 0.4) is 0 Å². The summed E-state index contributed by atoms with van der Waals surface area (Å²) < 4.78 is 10.3. The minimum atomic E-state index is -0.459. The quantitative estimate of drug-likeness (QED) is 0.758. The number of nitrogens with zero attached hydrogens (tertiary/aromatic N) is 1. The van der Waals surface area contributed by atoms with E-state index in [0.29, 0.717) is 29.2 Å². The number of hydrogen-bond acceptors (Lipinski definition) is 5. The van der Waals surface area contributed by atoms with Gasteiger partial charge in [-0.25, -0.2) is 4.79 Å². The molecule has 1 N–H and O–H groups in total. The fourth-order valence-corrected chi connectivity index (χ4v) is 3.13. The second kappa shape index (κ2) is 8.77. The molecule has 0 bridgehead atoms. The highest BCUT2D eigenvalue weighted by molar-refractivity contribution is 6.03. The first-order valence-electron chi connectivity index (χ1n) is 9.43. The number of hydrogen-bond donors (Lipinski definition) is 1. The highest BCUT2D eigenvalue weighted by atomic mass is 16.5. The molecule has 152 valence electrons. The molecule has 2 aromatic carbocycles. The van der Waals surface area contributed by atoms with Crippen LogP contribution in [0.4, 0.5) is 11.4 Å². The number of carbonyl (C=O) groups is 3. The van der Waals surface area contributed by atoms with Crippen LogP contribution in [-0.2, 0) is 14.3 Å². The van der Waals surface area contributed by atoms with E-state index in [-0.39, 0.29) is 24.3 Å². The van der Waals surface area contributed by atoms with Gasteiger partial charge in [-0.15, -0.1) is 0 Å². The lowest BCUT2D eigenvalue weighted by molar-refractivity contribution is -0.122. The van der Waals surface area contributed by atoms with E-state index < -0.39 is 11.9 Å². The van der Waals surface area contributed by atoms with Gasteiger partial charge in [0.15, 0.2) is 0 Å². The molecule has 0 aliphatic carbocycles. The van der Waals surface area contributed by atoms with Crippen molar-refractivity contribution < 1.29 is 23.9 Å². The average Bonchev–Trinajstić information content (AvgIpc) is 3.10. The van der Waals surface area contributed by atoms with Gasteiger partial charge >= 0.3 is 5.97 Å². The lowest BCUT2D eigenvalue weighted by Gasteiger charge is -2.17. The van der Waals surface area contributed by atoms with E-state index in [1.807, 2.05) is 6.07 Å². The number of ether oxygens (including phenoxy) is 2. The SMILES string of the molecule is COc1cccc(N2CC(C(=O)Nc3ccc(C(=O)OC(C)C)cc3)CC2=O)c1. The molecule has 2 amide bonds. The molecule has 7 nitrogen and oxygen atoms in total. The molecule has 1 fully saturated rings. The fraction of sp³-hybridized carbons (Fsp3) is 0.318. The molecular formula is C22H24N2O5. The van der Waals surface area contributed by atoms with Gasteiger partial charge in [-0.2, -0.15) is 0 Å². The van der Waals surface area contributed by atoms with Gasteiger partial charge in [0, 0.05) is 30.4 Å². The molecule has 1 unspecified atom stereocenters. The zero-order chi connectivity index (χ0) is 21.0. The first-order valence-corrected chi connectivity index (χ1v) is 9.43. The molecule has 1 aliphatic rings. The fourth-order valence-electron chi connectivity index (χ4n) is 3.13. The van der Waals surface area contributed by atoms with Crippen molar-refractivity contribution in [3.8, 4) is 5.75 Å². The molecule has 1 saturated heterocycles. The Hall–Kier alpha value is -3.35. The van der Waals surface area contributed by atoms with Crippen LogP contribution in [0.25, 0.3) is 0 Å². The summed E-state index contributed by atoms with van der Waals surface area (Å²) in [6, 6.07) is 13.7. The van der Waals surface area contributed by atoms with Gasteiger partial charge in [-0.1, -0.05) is 6.07 Å². The Bertz CT molecular complexity index is 908. The smallest absolute Gasteiger partial charge is 0.338 e.